The summed E-state index contributed by atoms with van der Waals surface area (Å²) in [7, 11) is 1.60. The number of carbonyl (C=O) groups excluding carboxylic acids is 1. The smallest absolute Gasteiger partial charge is 0.264 e. The van der Waals surface area contributed by atoms with Gasteiger partial charge in [-0.3, -0.25) is 4.79 Å². The molecule has 4 aromatic rings. The van der Waals surface area contributed by atoms with Gasteiger partial charge in [-0.05, 0) is 76.5 Å². The maximum atomic E-state index is 12.6. The summed E-state index contributed by atoms with van der Waals surface area (Å²) in [4.78, 5) is 17.7. The van der Waals surface area contributed by atoms with Gasteiger partial charge in [-0.25, -0.2) is 4.99 Å². The summed E-state index contributed by atoms with van der Waals surface area (Å²) >= 11 is 7.48. The van der Waals surface area contributed by atoms with Crippen LogP contribution in [-0.4, -0.2) is 18.2 Å². The Hall–Kier alpha value is -3.74. The molecular formula is C29H23ClN2O3S. The Kier molecular flexibility index (Phi) is 6.98. The number of nitrogens with zero attached hydrogens (tertiary/aromatic N) is 1. The molecule has 0 saturated carbocycles. The average Bonchev–Trinajstić information content (AvgIpc) is 3.24. The lowest BCUT2D eigenvalue weighted by Crippen LogP contribution is -2.19. The molecule has 0 unspecified atom stereocenters. The number of rotatable bonds is 6. The summed E-state index contributed by atoms with van der Waals surface area (Å²) in [6, 6.07) is 25.6. The number of benzene rings is 4. The first-order valence-corrected chi connectivity index (χ1v) is 12.5. The van der Waals surface area contributed by atoms with E-state index in [1.165, 1.54) is 17.1 Å². The van der Waals surface area contributed by atoms with Crippen molar-refractivity contribution in [3.8, 4) is 11.5 Å². The predicted molar refractivity (Wildman–Crippen MR) is 148 cm³/mol. The molecule has 1 amide bonds. The highest BCUT2D eigenvalue weighted by Crippen LogP contribution is 2.34. The van der Waals surface area contributed by atoms with E-state index < -0.39 is 0 Å². The second-order valence-electron chi connectivity index (χ2n) is 8.20. The van der Waals surface area contributed by atoms with Gasteiger partial charge in [-0.15, -0.1) is 0 Å². The maximum Gasteiger partial charge on any atom is 0.264 e. The molecule has 1 heterocycles. The molecule has 5 rings (SSSR count). The van der Waals surface area contributed by atoms with Crippen molar-refractivity contribution in [3.05, 3.63) is 105 Å². The number of carbonyl (C=O) groups is 1. The SMILES string of the molecule is COc1cc(/C=C2/SC(=Nc3cccc(Cl)c3C)NC2=O)ccc1OCc1cccc2ccccc12. The third-order valence-electron chi connectivity index (χ3n) is 5.86. The number of aliphatic imine (C=N–C) groups is 1. The molecule has 5 nitrogen and oxygen atoms in total. The van der Waals surface area contributed by atoms with E-state index in [9.17, 15) is 4.79 Å². The number of nitrogens with one attached hydrogen (secondary N) is 1. The molecule has 36 heavy (non-hydrogen) atoms. The molecule has 7 heteroatoms. The van der Waals surface area contributed by atoms with Crippen LogP contribution in [0.1, 0.15) is 16.7 Å². The van der Waals surface area contributed by atoms with Crippen LogP contribution in [0.15, 0.2) is 88.8 Å². The molecule has 4 aromatic carbocycles. The van der Waals surface area contributed by atoms with E-state index in [0.29, 0.717) is 33.2 Å². The number of halogens is 1. The molecule has 1 N–H and O–H groups in total. The van der Waals surface area contributed by atoms with Crippen LogP contribution < -0.4 is 14.8 Å². The van der Waals surface area contributed by atoms with Crippen molar-refractivity contribution in [3.63, 3.8) is 0 Å². The fourth-order valence-corrected chi connectivity index (χ4v) is 4.93. The summed E-state index contributed by atoms with van der Waals surface area (Å²) in [5, 5.41) is 6.30. The Morgan fingerprint density at radius 1 is 1.00 bits per heavy atom. The average molecular weight is 515 g/mol. The summed E-state index contributed by atoms with van der Waals surface area (Å²) < 4.78 is 11.7. The highest BCUT2D eigenvalue weighted by Gasteiger charge is 2.24. The zero-order valence-electron chi connectivity index (χ0n) is 19.7. The minimum absolute atomic E-state index is 0.200. The van der Waals surface area contributed by atoms with Crippen LogP contribution in [0.4, 0.5) is 5.69 Å². The quantitative estimate of drug-likeness (QED) is 0.275. The van der Waals surface area contributed by atoms with E-state index in [4.69, 9.17) is 21.1 Å². The molecule has 0 bridgehead atoms. The first-order chi connectivity index (χ1) is 17.5. The lowest BCUT2D eigenvalue weighted by Gasteiger charge is -2.13. The number of ether oxygens (including phenoxy) is 2. The standard InChI is InChI=1S/C29H23ClN2O3S/c1-18-23(30)11-6-12-24(18)31-29-32-28(33)27(36-29)16-19-13-14-25(26(15-19)34-2)35-17-21-9-5-8-20-7-3-4-10-22(20)21/h3-16H,17H2,1-2H3,(H,31,32,33)/b27-16+. The Morgan fingerprint density at radius 3 is 2.67 bits per heavy atom. The van der Waals surface area contributed by atoms with Gasteiger partial charge < -0.3 is 14.8 Å². The number of amides is 1. The number of thioether (sulfide) groups is 1. The fourth-order valence-electron chi connectivity index (χ4n) is 3.93. The molecule has 0 spiro atoms. The Labute approximate surface area is 218 Å². The van der Waals surface area contributed by atoms with E-state index in [1.54, 1.807) is 7.11 Å². The normalized spacial score (nSPS) is 15.5. The molecule has 180 valence electrons. The van der Waals surface area contributed by atoms with E-state index in [1.807, 2.05) is 67.6 Å². The predicted octanol–water partition coefficient (Wildman–Crippen LogP) is 7.28. The van der Waals surface area contributed by atoms with Gasteiger partial charge in [-0.1, -0.05) is 66.2 Å². The van der Waals surface area contributed by atoms with Crippen LogP contribution in [0.3, 0.4) is 0 Å². The zero-order valence-corrected chi connectivity index (χ0v) is 21.3. The molecule has 1 fully saturated rings. The largest absolute Gasteiger partial charge is 0.493 e. The van der Waals surface area contributed by atoms with Crippen LogP contribution in [0.5, 0.6) is 11.5 Å². The third-order valence-corrected chi connectivity index (χ3v) is 7.18. The lowest BCUT2D eigenvalue weighted by atomic mass is 10.1. The molecule has 1 saturated heterocycles. The Morgan fingerprint density at radius 2 is 1.81 bits per heavy atom. The monoisotopic (exact) mass is 514 g/mol. The molecule has 1 aliphatic heterocycles. The number of fused-ring (bicyclic) bond motifs is 1. The minimum Gasteiger partial charge on any atom is -0.493 e. The van der Waals surface area contributed by atoms with Gasteiger partial charge in [0.25, 0.3) is 5.91 Å². The highest BCUT2D eigenvalue weighted by atomic mass is 35.5. The van der Waals surface area contributed by atoms with Crippen molar-refractivity contribution >= 4 is 57.0 Å². The molecule has 0 radical (unpaired) electrons. The van der Waals surface area contributed by atoms with E-state index >= 15 is 0 Å². The summed E-state index contributed by atoms with van der Waals surface area (Å²) in [6.45, 7) is 2.31. The molecule has 1 aliphatic rings. The van der Waals surface area contributed by atoms with Gasteiger partial charge in [0.1, 0.15) is 6.61 Å². The maximum absolute atomic E-state index is 12.6. The van der Waals surface area contributed by atoms with Crippen LogP contribution in [-0.2, 0) is 11.4 Å². The van der Waals surface area contributed by atoms with Crippen molar-refractivity contribution in [2.45, 2.75) is 13.5 Å². The van der Waals surface area contributed by atoms with Crippen LogP contribution in [0, 0.1) is 6.92 Å². The second kappa shape index (κ2) is 10.5. The van der Waals surface area contributed by atoms with Crippen LogP contribution >= 0.6 is 23.4 Å². The third kappa shape index (κ3) is 5.10. The first-order valence-electron chi connectivity index (χ1n) is 11.3. The van der Waals surface area contributed by atoms with E-state index in [0.717, 1.165) is 27.8 Å². The summed E-state index contributed by atoms with van der Waals surface area (Å²) in [5.74, 6) is 1.03. The Bertz CT molecular complexity index is 1530. The minimum atomic E-state index is -0.200. The van der Waals surface area contributed by atoms with Crippen molar-refractivity contribution in [2.24, 2.45) is 4.99 Å². The first kappa shape index (κ1) is 24.0. The number of hydrogen-bond acceptors (Lipinski definition) is 5. The van der Waals surface area contributed by atoms with Crippen LogP contribution in [0.2, 0.25) is 5.02 Å². The molecule has 0 aliphatic carbocycles. The van der Waals surface area contributed by atoms with Gasteiger partial charge in [0.2, 0.25) is 0 Å². The Balaban J connectivity index is 1.34. The van der Waals surface area contributed by atoms with Gasteiger partial charge in [0.15, 0.2) is 16.7 Å². The summed E-state index contributed by atoms with van der Waals surface area (Å²) in [5.41, 5.74) is 3.51. The molecule has 0 aromatic heterocycles. The zero-order chi connectivity index (χ0) is 25.1. The second-order valence-corrected chi connectivity index (χ2v) is 9.64. The van der Waals surface area contributed by atoms with Crippen molar-refractivity contribution in [2.75, 3.05) is 7.11 Å². The summed E-state index contributed by atoms with van der Waals surface area (Å²) in [6.07, 6.45) is 1.81. The number of methoxy groups -OCH3 is 1. The molecular weight excluding hydrogens is 492 g/mol. The van der Waals surface area contributed by atoms with Crippen molar-refractivity contribution < 1.29 is 14.3 Å². The van der Waals surface area contributed by atoms with Gasteiger partial charge in [0.05, 0.1) is 17.7 Å². The van der Waals surface area contributed by atoms with Crippen LogP contribution in [0.25, 0.3) is 16.8 Å². The van der Waals surface area contributed by atoms with Crippen molar-refractivity contribution in [1.29, 1.82) is 0 Å². The van der Waals surface area contributed by atoms with E-state index in [-0.39, 0.29) is 5.91 Å². The fraction of sp³-hybridized carbons (Fsp3) is 0.103. The van der Waals surface area contributed by atoms with Gasteiger partial charge in [-0.2, -0.15) is 0 Å². The van der Waals surface area contributed by atoms with Gasteiger partial charge in [0, 0.05) is 5.02 Å². The lowest BCUT2D eigenvalue weighted by molar-refractivity contribution is -0.115. The van der Waals surface area contributed by atoms with Crippen molar-refractivity contribution in [1.82, 2.24) is 5.32 Å². The number of hydrogen-bond donors (Lipinski definition) is 1. The topological polar surface area (TPSA) is 59.9 Å². The van der Waals surface area contributed by atoms with E-state index in [2.05, 4.69) is 34.6 Å². The molecule has 0 atom stereocenters. The highest BCUT2D eigenvalue weighted by molar-refractivity contribution is 8.18. The van der Waals surface area contributed by atoms with Gasteiger partial charge >= 0.3 is 0 Å². The number of amidine groups is 1.